The topological polar surface area (TPSA) is 78.9 Å². The van der Waals surface area contributed by atoms with Crippen molar-refractivity contribution in [1.82, 2.24) is 0 Å². The Morgan fingerprint density at radius 1 is 0.247 bits per heavy atom. The van der Waals surface area contributed by atoms with Crippen molar-refractivity contribution in [2.45, 2.75) is 412 Å². The summed E-state index contributed by atoms with van der Waals surface area (Å²) in [6.07, 6.45) is 79.7. The zero-order valence-electron chi connectivity index (χ0n) is 52.5. The summed E-state index contributed by atoms with van der Waals surface area (Å²) in [5.41, 5.74) is 0. The highest BCUT2D eigenvalue weighted by molar-refractivity contribution is 5.71. The summed E-state index contributed by atoms with van der Waals surface area (Å²) in [5, 5.41) is 0. The highest BCUT2D eigenvalue weighted by Crippen LogP contribution is 2.19. The molecule has 6 heteroatoms. The average molecular weight is 1090 g/mol. The first-order chi connectivity index (χ1) is 38.0. The molecule has 0 bridgehead atoms. The molecule has 6 nitrogen and oxygen atoms in total. The third-order valence-electron chi connectivity index (χ3n) is 16.3. The van der Waals surface area contributed by atoms with E-state index in [1.165, 1.54) is 308 Å². The van der Waals surface area contributed by atoms with Crippen LogP contribution in [-0.4, -0.2) is 37.2 Å². The van der Waals surface area contributed by atoms with Crippen molar-refractivity contribution < 1.29 is 28.6 Å². The number of allylic oxidation sites excluding steroid dienone is 2. The van der Waals surface area contributed by atoms with Crippen LogP contribution in [-0.2, 0) is 28.6 Å². The number of ether oxygens (including phenoxy) is 3. The fraction of sp³-hybridized carbons (Fsp3) is 0.930. The molecule has 0 N–H and O–H groups in total. The van der Waals surface area contributed by atoms with Crippen LogP contribution in [0.4, 0.5) is 0 Å². The molecule has 0 aliphatic heterocycles. The first-order valence-corrected chi connectivity index (χ1v) is 35.2. The molecule has 0 aromatic carbocycles. The van der Waals surface area contributed by atoms with Crippen molar-refractivity contribution >= 4 is 17.9 Å². The summed E-state index contributed by atoms with van der Waals surface area (Å²) in [6.45, 7) is 6.71. The van der Waals surface area contributed by atoms with Crippen LogP contribution in [0, 0.1) is 0 Å². The predicted molar refractivity (Wildman–Crippen MR) is 335 cm³/mol. The summed E-state index contributed by atoms with van der Waals surface area (Å²) < 4.78 is 17.0. The van der Waals surface area contributed by atoms with Gasteiger partial charge >= 0.3 is 17.9 Å². The molecule has 1 atom stereocenters. The van der Waals surface area contributed by atoms with E-state index >= 15 is 0 Å². The van der Waals surface area contributed by atoms with Gasteiger partial charge in [0.25, 0.3) is 0 Å². The molecule has 0 fully saturated rings. The number of rotatable bonds is 66. The van der Waals surface area contributed by atoms with E-state index in [9.17, 15) is 14.4 Å². The van der Waals surface area contributed by atoms with Gasteiger partial charge in [-0.1, -0.05) is 354 Å². The Bertz CT molecular complexity index is 1200. The SMILES string of the molecule is CCCCCCCCCC/C=C\CCCCCCCCCCCC(=O)OC(COC(=O)CCCCCCCCCCCC)COC(=O)CCCCCCCCCCCCCCCCCCCCCCCCCCCCCC. The molecule has 0 amide bonds. The van der Waals surface area contributed by atoms with E-state index < -0.39 is 6.10 Å². The van der Waals surface area contributed by atoms with Crippen LogP contribution in [0.3, 0.4) is 0 Å². The van der Waals surface area contributed by atoms with Crippen molar-refractivity contribution in [1.29, 1.82) is 0 Å². The molecule has 0 rings (SSSR count). The Morgan fingerprint density at radius 2 is 0.429 bits per heavy atom. The molecule has 0 heterocycles. The lowest BCUT2D eigenvalue weighted by Gasteiger charge is -2.18. The van der Waals surface area contributed by atoms with E-state index in [0.717, 1.165) is 57.8 Å². The van der Waals surface area contributed by atoms with Gasteiger partial charge in [-0.05, 0) is 44.9 Å². The van der Waals surface area contributed by atoms with Crippen LogP contribution < -0.4 is 0 Å². The zero-order valence-corrected chi connectivity index (χ0v) is 52.5. The highest BCUT2D eigenvalue weighted by atomic mass is 16.6. The van der Waals surface area contributed by atoms with Gasteiger partial charge < -0.3 is 14.2 Å². The van der Waals surface area contributed by atoms with E-state index in [1.807, 2.05) is 0 Å². The number of hydrogen-bond donors (Lipinski definition) is 0. The van der Waals surface area contributed by atoms with Crippen LogP contribution in [0.25, 0.3) is 0 Å². The Morgan fingerprint density at radius 3 is 0.649 bits per heavy atom. The van der Waals surface area contributed by atoms with Gasteiger partial charge in [0.15, 0.2) is 6.10 Å². The monoisotopic (exact) mass is 1090 g/mol. The van der Waals surface area contributed by atoms with E-state index in [-0.39, 0.29) is 31.1 Å². The smallest absolute Gasteiger partial charge is 0.306 e. The Balaban J connectivity index is 4.11. The van der Waals surface area contributed by atoms with Crippen molar-refractivity contribution in [2.24, 2.45) is 0 Å². The molecule has 1 unspecified atom stereocenters. The predicted octanol–water partition coefficient (Wildman–Crippen LogP) is 24.0. The Kier molecular flexibility index (Phi) is 65.1. The molecule has 0 aromatic heterocycles. The molecule has 0 spiro atoms. The first kappa shape index (κ1) is 75.2. The van der Waals surface area contributed by atoms with Gasteiger partial charge in [-0.15, -0.1) is 0 Å². The standard InChI is InChI=1S/C71H136O6/c1-4-7-10-13-16-19-22-24-26-28-30-32-33-34-35-36-37-38-40-41-43-45-47-49-52-55-58-61-64-70(73)76-67-68(66-75-69(72)63-60-57-54-51-21-18-15-12-9-6-3)77-71(74)65-62-59-56-53-50-48-46-44-42-39-31-29-27-25-23-20-17-14-11-8-5-2/h29,31,68H,4-28,30,32-67H2,1-3H3/b31-29-. The Hall–Kier alpha value is -1.85. The second kappa shape index (κ2) is 66.7. The van der Waals surface area contributed by atoms with Gasteiger partial charge in [-0.2, -0.15) is 0 Å². The van der Waals surface area contributed by atoms with E-state index in [0.29, 0.717) is 19.3 Å². The Labute approximate surface area is 481 Å². The van der Waals surface area contributed by atoms with Crippen LogP contribution in [0.5, 0.6) is 0 Å². The molecule has 0 radical (unpaired) electrons. The molecule has 0 aliphatic carbocycles. The molecular weight excluding hydrogens is 949 g/mol. The summed E-state index contributed by atoms with van der Waals surface area (Å²) in [6, 6.07) is 0. The fourth-order valence-corrected chi connectivity index (χ4v) is 11.0. The largest absolute Gasteiger partial charge is 0.462 e. The van der Waals surface area contributed by atoms with Crippen molar-refractivity contribution in [2.75, 3.05) is 13.2 Å². The minimum absolute atomic E-state index is 0.0642. The van der Waals surface area contributed by atoms with Crippen LogP contribution in [0.1, 0.15) is 406 Å². The van der Waals surface area contributed by atoms with Gasteiger partial charge in [0.2, 0.25) is 0 Å². The third-order valence-corrected chi connectivity index (χ3v) is 16.3. The minimum Gasteiger partial charge on any atom is -0.462 e. The molecular formula is C71H136O6. The summed E-state index contributed by atoms with van der Waals surface area (Å²) >= 11 is 0. The van der Waals surface area contributed by atoms with Gasteiger partial charge in [-0.25, -0.2) is 0 Å². The normalized spacial score (nSPS) is 12.0. The third kappa shape index (κ3) is 64.9. The quantitative estimate of drug-likeness (QED) is 0.0261. The lowest BCUT2D eigenvalue weighted by molar-refractivity contribution is -0.167. The van der Waals surface area contributed by atoms with Crippen LogP contribution >= 0.6 is 0 Å². The maximum absolute atomic E-state index is 12.9. The lowest BCUT2D eigenvalue weighted by atomic mass is 10.0. The van der Waals surface area contributed by atoms with Crippen molar-refractivity contribution in [3.63, 3.8) is 0 Å². The zero-order chi connectivity index (χ0) is 55.7. The number of unbranched alkanes of at least 4 members (excludes halogenated alkanes) is 53. The fourth-order valence-electron chi connectivity index (χ4n) is 11.0. The van der Waals surface area contributed by atoms with Gasteiger partial charge in [0, 0.05) is 19.3 Å². The van der Waals surface area contributed by atoms with E-state index in [1.54, 1.807) is 0 Å². The molecule has 456 valence electrons. The highest BCUT2D eigenvalue weighted by Gasteiger charge is 2.19. The summed E-state index contributed by atoms with van der Waals surface area (Å²) in [5.74, 6) is -0.836. The van der Waals surface area contributed by atoms with Crippen LogP contribution in [0.15, 0.2) is 12.2 Å². The minimum atomic E-state index is -0.767. The van der Waals surface area contributed by atoms with Gasteiger partial charge in [-0.3, -0.25) is 14.4 Å². The molecule has 0 saturated heterocycles. The molecule has 77 heavy (non-hydrogen) atoms. The van der Waals surface area contributed by atoms with Gasteiger partial charge in [0.1, 0.15) is 13.2 Å². The average Bonchev–Trinajstić information content (AvgIpc) is 3.43. The molecule has 0 aromatic rings. The van der Waals surface area contributed by atoms with Crippen molar-refractivity contribution in [3.05, 3.63) is 12.2 Å². The lowest BCUT2D eigenvalue weighted by Crippen LogP contribution is -2.30. The van der Waals surface area contributed by atoms with Crippen molar-refractivity contribution in [3.8, 4) is 0 Å². The number of hydrogen-bond acceptors (Lipinski definition) is 6. The second-order valence-corrected chi connectivity index (χ2v) is 24.2. The summed E-state index contributed by atoms with van der Waals surface area (Å²) in [7, 11) is 0. The van der Waals surface area contributed by atoms with Gasteiger partial charge in [0.05, 0.1) is 0 Å². The van der Waals surface area contributed by atoms with E-state index in [4.69, 9.17) is 14.2 Å². The molecule has 0 saturated carbocycles. The number of carbonyl (C=O) groups is 3. The first-order valence-electron chi connectivity index (χ1n) is 35.2. The van der Waals surface area contributed by atoms with Crippen LogP contribution in [0.2, 0.25) is 0 Å². The maximum atomic E-state index is 12.9. The maximum Gasteiger partial charge on any atom is 0.306 e. The summed E-state index contributed by atoms with van der Waals surface area (Å²) in [4.78, 5) is 38.3. The molecule has 0 aliphatic rings. The number of esters is 3. The van der Waals surface area contributed by atoms with E-state index in [2.05, 4.69) is 32.9 Å². The number of carbonyl (C=O) groups excluding carboxylic acids is 3. The second-order valence-electron chi connectivity index (χ2n) is 24.2.